The van der Waals surface area contributed by atoms with Gasteiger partial charge in [0.25, 0.3) is 0 Å². The lowest BCUT2D eigenvalue weighted by molar-refractivity contribution is -0.122. The van der Waals surface area contributed by atoms with E-state index in [4.69, 9.17) is 4.52 Å². The van der Waals surface area contributed by atoms with Crippen molar-refractivity contribution in [3.63, 3.8) is 0 Å². The molecule has 3 aromatic heterocycles. The average molecular weight is 404 g/mol. The first-order valence-corrected chi connectivity index (χ1v) is 9.94. The van der Waals surface area contributed by atoms with E-state index >= 15 is 0 Å². The molecule has 0 radical (unpaired) electrons. The Balaban J connectivity index is 1.68. The number of amides is 1. The summed E-state index contributed by atoms with van der Waals surface area (Å²) in [5.74, 6) is 0.263. The summed E-state index contributed by atoms with van der Waals surface area (Å²) in [5, 5.41) is 10.5. The molecule has 3 rings (SSSR count). The van der Waals surface area contributed by atoms with Crippen molar-refractivity contribution in [2.45, 2.75) is 38.3 Å². The summed E-state index contributed by atoms with van der Waals surface area (Å²) < 4.78 is 33.9. The third-order valence-corrected chi connectivity index (χ3v) is 5.79. The predicted molar refractivity (Wildman–Crippen MR) is 99.0 cm³/mol. The summed E-state index contributed by atoms with van der Waals surface area (Å²) in [7, 11) is -3.94. The van der Waals surface area contributed by atoms with Crippen molar-refractivity contribution in [2.75, 3.05) is 0 Å². The van der Waals surface area contributed by atoms with Gasteiger partial charge in [-0.05, 0) is 32.9 Å². The molecule has 11 heteroatoms. The fraction of sp³-hybridized carbons (Fsp3) is 0.294. The highest BCUT2D eigenvalue weighted by atomic mass is 32.2. The smallest absolute Gasteiger partial charge is 0.246 e. The van der Waals surface area contributed by atoms with Crippen molar-refractivity contribution in [3.8, 4) is 5.82 Å². The zero-order valence-corrected chi connectivity index (χ0v) is 16.4. The van der Waals surface area contributed by atoms with E-state index in [2.05, 4.69) is 25.3 Å². The molecule has 0 aliphatic carbocycles. The number of pyridine rings is 1. The van der Waals surface area contributed by atoms with Gasteiger partial charge in [0, 0.05) is 30.7 Å². The number of nitrogens with zero attached hydrogens (tertiary/aromatic N) is 4. The molecular formula is C17H20N6O4S. The second-order valence-corrected chi connectivity index (χ2v) is 7.80. The molecule has 0 aliphatic rings. The minimum Gasteiger partial charge on any atom is -0.360 e. The number of nitrogens with one attached hydrogen (secondary N) is 2. The van der Waals surface area contributed by atoms with E-state index in [0.717, 1.165) is 5.56 Å². The van der Waals surface area contributed by atoms with Crippen molar-refractivity contribution in [3.05, 3.63) is 53.8 Å². The maximum atomic E-state index is 12.5. The lowest BCUT2D eigenvalue weighted by Crippen LogP contribution is -2.44. The average Bonchev–Trinajstić information content (AvgIpc) is 3.29. The number of rotatable bonds is 7. The van der Waals surface area contributed by atoms with Crippen molar-refractivity contribution in [1.82, 2.24) is 30.0 Å². The molecule has 28 heavy (non-hydrogen) atoms. The molecular weight excluding hydrogens is 384 g/mol. The highest BCUT2D eigenvalue weighted by Gasteiger charge is 2.28. The van der Waals surface area contributed by atoms with Crippen LogP contribution in [-0.2, 0) is 21.4 Å². The summed E-state index contributed by atoms with van der Waals surface area (Å²) >= 11 is 0. The standard InChI is InChI=1S/C17H20N6O4S/c1-11-15(13(3)27-21-11)28(25,26)22-12(2)17(24)19-10-14-6-4-7-18-16(14)23-9-5-8-20-23/h4-9,12,22H,10H2,1-3H3,(H,19,24)/t12-/m0/s1. The minimum atomic E-state index is -3.94. The van der Waals surface area contributed by atoms with Crippen LogP contribution in [0.25, 0.3) is 5.82 Å². The van der Waals surface area contributed by atoms with Crippen LogP contribution < -0.4 is 10.0 Å². The number of aromatic nitrogens is 4. The summed E-state index contributed by atoms with van der Waals surface area (Å²) in [4.78, 5) is 16.6. The van der Waals surface area contributed by atoms with Gasteiger partial charge < -0.3 is 9.84 Å². The van der Waals surface area contributed by atoms with Gasteiger partial charge in [-0.3, -0.25) is 4.79 Å². The first-order chi connectivity index (χ1) is 13.3. The van der Waals surface area contributed by atoms with Gasteiger partial charge >= 0.3 is 0 Å². The molecule has 3 heterocycles. The topological polar surface area (TPSA) is 132 Å². The normalized spacial score (nSPS) is 12.7. The summed E-state index contributed by atoms with van der Waals surface area (Å²) in [6.07, 6.45) is 5.00. The van der Waals surface area contributed by atoms with E-state index in [-0.39, 0.29) is 22.9 Å². The number of carbonyl (C=O) groups is 1. The van der Waals surface area contributed by atoms with Crippen LogP contribution in [0.2, 0.25) is 0 Å². The van der Waals surface area contributed by atoms with Crippen LogP contribution in [0.4, 0.5) is 0 Å². The number of sulfonamides is 1. The van der Waals surface area contributed by atoms with Crippen molar-refractivity contribution >= 4 is 15.9 Å². The molecule has 10 nitrogen and oxygen atoms in total. The van der Waals surface area contributed by atoms with Crippen LogP contribution in [0.1, 0.15) is 23.9 Å². The van der Waals surface area contributed by atoms with Crippen molar-refractivity contribution in [2.24, 2.45) is 0 Å². The number of aryl methyl sites for hydroxylation is 2. The Hall–Kier alpha value is -3.05. The molecule has 0 saturated carbocycles. The first kappa shape index (κ1) is 19.7. The van der Waals surface area contributed by atoms with Crippen LogP contribution in [0, 0.1) is 13.8 Å². The first-order valence-electron chi connectivity index (χ1n) is 8.46. The van der Waals surface area contributed by atoms with Gasteiger partial charge in [-0.2, -0.15) is 9.82 Å². The molecule has 0 saturated heterocycles. The van der Waals surface area contributed by atoms with Gasteiger partial charge in [-0.15, -0.1) is 0 Å². The fourth-order valence-corrected chi connectivity index (χ4v) is 4.24. The Bertz CT molecular complexity index is 1060. The Morgan fingerprint density at radius 3 is 2.71 bits per heavy atom. The monoisotopic (exact) mass is 404 g/mol. The van der Waals surface area contributed by atoms with E-state index < -0.39 is 22.0 Å². The Labute approximate surface area is 162 Å². The maximum absolute atomic E-state index is 12.5. The van der Waals surface area contributed by atoms with Crippen LogP contribution in [0.3, 0.4) is 0 Å². The molecule has 0 fully saturated rings. The van der Waals surface area contributed by atoms with Crippen molar-refractivity contribution < 1.29 is 17.7 Å². The molecule has 0 aliphatic heterocycles. The number of hydrogen-bond acceptors (Lipinski definition) is 7. The van der Waals surface area contributed by atoms with Gasteiger partial charge in [0.05, 0.1) is 6.04 Å². The Kier molecular flexibility index (Phi) is 5.56. The minimum absolute atomic E-state index is 0.0552. The van der Waals surface area contributed by atoms with Crippen molar-refractivity contribution in [1.29, 1.82) is 0 Å². The van der Waals surface area contributed by atoms with E-state index in [1.165, 1.54) is 20.8 Å². The highest BCUT2D eigenvalue weighted by Crippen LogP contribution is 2.19. The number of carbonyl (C=O) groups excluding carboxylic acids is 1. The van der Waals surface area contributed by atoms with E-state index in [1.54, 1.807) is 35.4 Å². The van der Waals surface area contributed by atoms with Gasteiger partial charge in [0.15, 0.2) is 11.6 Å². The Morgan fingerprint density at radius 1 is 1.29 bits per heavy atom. The van der Waals surface area contributed by atoms with E-state index in [1.807, 2.05) is 6.07 Å². The molecule has 3 aromatic rings. The Morgan fingerprint density at radius 2 is 2.07 bits per heavy atom. The molecule has 0 bridgehead atoms. The maximum Gasteiger partial charge on any atom is 0.246 e. The lowest BCUT2D eigenvalue weighted by atomic mass is 10.2. The zero-order chi connectivity index (χ0) is 20.3. The molecule has 0 spiro atoms. The molecule has 1 atom stereocenters. The quantitative estimate of drug-likeness (QED) is 0.597. The van der Waals surface area contributed by atoms with Crippen LogP contribution in [-0.4, -0.2) is 40.3 Å². The SMILES string of the molecule is Cc1noc(C)c1S(=O)(=O)N[C@@H](C)C(=O)NCc1cccnc1-n1cccn1. The fourth-order valence-electron chi connectivity index (χ4n) is 2.71. The van der Waals surface area contributed by atoms with Gasteiger partial charge in [0.2, 0.25) is 15.9 Å². The zero-order valence-electron chi connectivity index (χ0n) is 15.6. The van der Waals surface area contributed by atoms with Crippen LogP contribution in [0.15, 0.2) is 46.2 Å². The van der Waals surface area contributed by atoms with Crippen LogP contribution >= 0.6 is 0 Å². The second kappa shape index (κ2) is 7.90. The van der Waals surface area contributed by atoms with Gasteiger partial charge in [-0.1, -0.05) is 11.2 Å². The lowest BCUT2D eigenvalue weighted by Gasteiger charge is -2.15. The highest BCUT2D eigenvalue weighted by molar-refractivity contribution is 7.89. The third-order valence-electron chi connectivity index (χ3n) is 4.00. The van der Waals surface area contributed by atoms with E-state index in [0.29, 0.717) is 5.82 Å². The second-order valence-electron chi connectivity index (χ2n) is 6.15. The van der Waals surface area contributed by atoms with E-state index in [9.17, 15) is 13.2 Å². The van der Waals surface area contributed by atoms with Gasteiger partial charge in [-0.25, -0.2) is 18.1 Å². The molecule has 148 valence electrons. The summed E-state index contributed by atoms with van der Waals surface area (Å²) in [5.41, 5.74) is 0.970. The summed E-state index contributed by atoms with van der Waals surface area (Å²) in [6.45, 7) is 4.65. The van der Waals surface area contributed by atoms with Crippen LogP contribution in [0.5, 0.6) is 0 Å². The molecule has 0 aromatic carbocycles. The third kappa shape index (κ3) is 4.10. The molecule has 0 unspecified atom stereocenters. The summed E-state index contributed by atoms with van der Waals surface area (Å²) in [6, 6.07) is 4.33. The van der Waals surface area contributed by atoms with Gasteiger partial charge in [0.1, 0.15) is 10.6 Å². The molecule has 1 amide bonds. The predicted octanol–water partition coefficient (Wildman–Crippen LogP) is 0.855. The molecule has 2 N–H and O–H groups in total. The number of hydrogen-bond donors (Lipinski definition) is 2. The largest absolute Gasteiger partial charge is 0.360 e.